The third kappa shape index (κ3) is 3.04. The Hall–Kier alpha value is -1.76. The topological polar surface area (TPSA) is 12.0 Å². The molecule has 1 unspecified atom stereocenters. The van der Waals surface area contributed by atoms with Crippen LogP contribution >= 0.6 is 0 Å². The number of rotatable bonds is 4. The molecular weight excluding hydrogens is 242 g/mol. The highest BCUT2D eigenvalue weighted by Gasteiger charge is 2.26. The highest BCUT2D eigenvalue weighted by molar-refractivity contribution is 5.45. The molecule has 20 heavy (non-hydrogen) atoms. The van der Waals surface area contributed by atoms with Crippen molar-refractivity contribution in [2.75, 3.05) is 5.32 Å². The molecule has 1 atom stereocenters. The van der Waals surface area contributed by atoms with E-state index in [4.69, 9.17) is 0 Å². The lowest BCUT2D eigenvalue weighted by atomic mass is 9.91. The van der Waals surface area contributed by atoms with Crippen LogP contribution in [0.4, 0.5) is 5.69 Å². The average Bonchev–Trinajstić information content (AvgIpc) is 3.01. The van der Waals surface area contributed by atoms with Crippen LogP contribution in [0.2, 0.25) is 0 Å². The van der Waals surface area contributed by atoms with Crippen LogP contribution in [0, 0.1) is 12.8 Å². The molecule has 1 nitrogen and oxygen atoms in total. The lowest BCUT2D eigenvalue weighted by molar-refractivity contribution is 0.470. The van der Waals surface area contributed by atoms with Crippen LogP contribution in [0.25, 0.3) is 0 Å². The van der Waals surface area contributed by atoms with E-state index in [1.54, 1.807) is 0 Å². The Morgan fingerprint density at radius 2 is 1.55 bits per heavy atom. The third-order valence-corrected chi connectivity index (χ3v) is 4.40. The molecule has 2 aromatic rings. The fourth-order valence-electron chi connectivity index (χ4n) is 3.25. The maximum absolute atomic E-state index is 3.76. The highest BCUT2D eigenvalue weighted by Crippen LogP contribution is 2.37. The highest BCUT2D eigenvalue weighted by atomic mass is 14.9. The Morgan fingerprint density at radius 3 is 2.20 bits per heavy atom. The van der Waals surface area contributed by atoms with Gasteiger partial charge in [-0.2, -0.15) is 0 Å². The zero-order valence-corrected chi connectivity index (χ0v) is 12.2. The molecule has 1 heteroatoms. The lowest BCUT2D eigenvalue weighted by Gasteiger charge is -2.26. The summed E-state index contributed by atoms with van der Waals surface area (Å²) in [5.41, 5.74) is 3.98. The summed E-state index contributed by atoms with van der Waals surface area (Å²) in [7, 11) is 0. The van der Waals surface area contributed by atoms with Crippen molar-refractivity contribution in [3.8, 4) is 0 Å². The van der Waals surface area contributed by atoms with Gasteiger partial charge in [0.25, 0.3) is 0 Å². The molecule has 1 saturated carbocycles. The Kier molecular flexibility index (Phi) is 4.05. The molecule has 0 spiro atoms. The predicted molar refractivity (Wildman–Crippen MR) is 85.9 cm³/mol. The molecule has 3 rings (SSSR count). The molecule has 1 fully saturated rings. The van der Waals surface area contributed by atoms with E-state index in [0.29, 0.717) is 6.04 Å². The molecule has 0 radical (unpaired) electrons. The van der Waals surface area contributed by atoms with Crippen LogP contribution in [-0.2, 0) is 0 Å². The van der Waals surface area contributed by atoms with Crippen LogP contribution in [0.5, 0.6) is 0 Å². The minimum atomic E-state index is 0.445. The molecule has 104 valence electrons. The summed E-state index contributed by atoms with van der Waals surface area (Å²) in [6.07, 6.45) is 5.45. The third-order valence-electron chi connectivity index (χ3n) is 4.40. The second kappa shape index (κ2) is 6.13. The average molecular weight is 265 g/mol. The summed E-state index contributed by atoms with van der Waals surface area (Å²) in [6, 6.07) is 20.1. The van der Waals surface area contributed by atoms with E-state index < -0.39 is 0 Å². The fraction of sp³-hybridized carbons (Fsp3) is 0.368. The van der Waals surface area contributed by atoms with E-state index in [1.807, 2.05) is 0 Å². The zero-order valence-electron chi connectivity index (χ0n) is 12.2. The molecule has 0 saturated heterocycles. The van der Waals surface area contributed by atoms with Gasteiger partial charge in [0, 0.05) is 5.69 Å². The van der Waals surface area contributed by atoms with Crippen molar-refractivity contribution in [1.82, 2.24) is 0 Å². The maximum Gasteiger partial charge on any atom is 0.0542 e. The van der Waals surface area contributed by atoms with Crippen LogP contribution in [0.15, 0.2) is 54.6 Å². The predicted octanol–water partition coefficient (Wildman–Crippen LogP) is 5.34. The molecule has 1 aliphatic rings. The van der Waals surface area contributed by atoms with E-state index in [9.17, 15) is 0 Å². The van der Waals surface area contributed by atoms with E-state index in [0.717, 1.165) is 5.92 Å². The van der Waals surface area contributed by atoms with Crippen molar-refractivity contribution < 1.29 is 0 Å². The number of hydrogen-bond donors (Lipinski definition) is 1. The van der Waals surface area contributed by atoms with Gasteiger partial charge in [0.1, 0.15) is 0 Å². The second-order valence-corrected chi connectivity index (χ2v) is 5.94. The van der Waals surface area contributed by atoms with E-state index in [1.165, 1.54) is 42.5 Å². The van der Waals surface area contributed by atoms with Crippen molar-refractivity contribution in [3.63, 3.8) is 0 Å². The number of anilines is 1. The Balaban J connectivity index is 1.85. The van der Waals surface area contributed by atoms with Crippen molar-refractivity contribution in [3.05, 3.63) is 65.7 Å². The van der Waals surface area contributed by atoms with Gasteiger partial charge in [-0.15, -0.1) is 0 Å². The SMILES string of the molecule is Cc1ccc(C(Nc2ccccc2)C2CCCC2)cc1. The summed E-state index contributed by atoms with van der Waals surface area (Å²) < 4.78 is 0. The molecule has 1 aliphatic carbocycles. The number of hydrogen-bond acceptors (Lipinski definition) is 1. The van der Waals surface area contributed by atoms with Gasteiger partial charge in [-0.05, 0) is 43.4 Å². The molecule has 0 aliphatic heterocycles. The molecule has 2 aromatic carbocycles. The smallest absolute Gasteiger partial charge is 0.0542 e. The van der Waals surface area contributed by atoms with Crippen molar-refractivity contribution >= 4 is 5.69 Å². The minimum Gasteiger partial charge on any atom is -0.378 e. The van der Waals surface area contributed by atoms with Gasteiger partial charge in [-0.25, -0.2) is 0 Å². The van der Waals surface area contributed by atoms with E-state index in [-0.39, 0.29) is 0 Å². The van der Waals surface area contributed by atoms with Crippen LogP contribution in [0.3, 0.4) is 0 Å². The monoisotopic (exact) mass is 265 g/mol. The number of para-hydroxylation sites is 1. The van der Waals surface area contributed by atoms with Crippen LogP contribution in [-0.4, -0.2) is 0 Å². The van der Waals surface area contributed by atoms with Gasteiger partial charge in [0.05, 0.1) is 6.04 Å². The number of nitrogens with one attached hydrogen (secondary N) is 1. The Labute approximate surface area is 122 Å². The summed E-state index contributed by atoms with van der Waals surface area (Å²) in [6.45, 7) is 2.15. The lowest BCUT2D eigenvalue weighted by Crippen LogP contribution is -2.19. The van der Waals surface area contributed by atoms with E-state index >= 15 is 0 Å². The van der Waals surface area contributed by atoms with Crippen LogP contribution in [0.1, 0.15) is 42.9 Å². The molecule has 0 heterocycles. The Morgan fingerprint density at radius 1 is 0.900 bits per heavy atom. The quantitative estimate of drug-likeness (QED) is 0.787. The van der Waals surface area contributed by atoms with Crippen molar-refractivity contribution in [2.45, 2.75) is 38.6 Å². The minimum absolute atomic E-state index is 0.445. The first-order chi connectivity index (χ1) is 9.83. The fourth-order valence-corrected chi connectivity index (χ4v) is 3.25. The van der Waals surface area contributed by atoms with Gasteiger partial charge in [-0.1, -0.05) is 60.9 Å². The van der Waals surface area contributed by atoms with Crippen LogP contribution < -0.4 is 5.32 Å². The summed E-state index contributed by atoms with van der Waals surface area (Å²) in [4.78, 5) is 0. The van der Waals surface area contributed by atoms with Gasteiger partial charge in [-0.3, -0.25) is 0 Å². The summed E-state index contributed by atoms with van der Waals surface area (Å²) in [5, 5.41) is 3.76. The molecule has 0 aromatic heterocycles. The van der Waals surface area contributed by atoms with Gasteiger partial charge < -0.3 is 5.32 Å². The first kappa shape index (κ1) is 13.2. The molecule has 0 bridgehead atoms. The largest absolute Gasteiger partial charge is 0.378 e. The first-order valence-corrected chi connectivity index (χ1v) is 7.71. The van der Waals surface area contributed by atoms with Gasteiger partial charge in [0.15, 0.2) is 0 Å². The van der Waals surface area contributed by atoms with Gasteiger partial charge in [0.2, 0.25) is 0 Å². The van der Waals surface area contributed by atoms with Crippen molar-refractivity contribution in [1.29, 1.82) is 0 Å². The van der Waals surface area contributed by atoms with Gasteiger partial charge >= 0.3 is 0 Å². The molecular formula is C19H23N. The zero-order chi connectivity index (χ0) is 13.8. The van der Waals surface area contributed by atoms with Crippen molar-refractivity contribution in [2.24, 2.45) is 5.92 Å². The number of benzene rings is 2. The molecule has 1 N–H and O–H groups in total. The normalized spacial score (nSPS) is 17.1. The maximum atomic E-state index is 3.76. The first-order valence-electron chi connectivity index (χ1n) is 7.71. The summed E-state index contributed by atoms with van der Waals surface area (Å²) in [5.74, 6) is 0.762. The van der Waals surface area contributed by atoms with E-state index in [2.05, 4.69) is 66.8 Å². The Bertz CT molecular complexity index is 523. The standard InChI is InChI=1S/C19H23N/c1-15-11-13-17(14-12-15)19(16-7-5-6-8-16)20-18-9-3-2-4-10-18/h2-4,9-14,16,19-20H,5-8H2,1H3. The second-order valence-electron chi connectivity index (χ2n) is 5.94. The summed E-state index contributed by atoms with van der Waals surface area (Å²) >= 11 is 0. The molecule has 0 amide bonds. The number of aryl methyl sites for hydroxylation is 1.